The van der Waals surface area contributed by atoms with Crippen molar-refractivity contribution in [3.63, 3.8) is 0 Å². The number of hydrogen-bond acceptors (Lipinski definition) is 6. The van der Waals surface area contributed by atoms with Gasteiger partial charge in [0.05, 0.1) is 11.7 Å². The van der Waals surface area contributed by atoms with Crippen molar-refractivity contribution in [2.45, 2.75) is 31.0 Å². The molecule has 0 saturated carbocycles. The fraction of sp³-hybridized carbons (Fsp3) is 0.0980. The van der Waals surface area contributed by atoms with Gasteiger partial charge in [0.15, 0.2) is 11.4 Å². The number of aliphatic imine (C=N–C) groups is 2. The maximum absolute atomic E-state index is 6.78. The van der Waals surface area contributed by atoms with Crippen molar-refractivity contribution >= 4 is 66.9 Å². The number of fused-ring (bicyclic) bond motifs is 9. The van der Waals surface area contributed by atoms with Crippen LogP contribution in [0.25, 0.3) is 55.0 Å². The van der Waals surface area contributed by atoms with E-state index in [2.05, 4.69) is 162 Å². The van der Waals surface area contributed by atoms with Crippen LogP contribution in [0, 0.1) is 0 Å². The number of nitrogens with zero attached hydrogens (tertiary/aromatic N) is 3. The molecular weight excluding hydrogens is 701 g/mol. The van der Waals surface area contributed by atoms with E-state index < -0.39 is 0 Å². The van der Waals surface area contributed by atoms with Gasteiger partial charge in [0.1, 0.15) is 28.8 Å². The molecule has 6 heteroatoms. The van der Waals surface area contributed by atoms with Crippen molar-refractivity contribution in [2.75, 3.05) is 4.90 Å². The Hall–Kier alpha value is -7.18. The van der Waals surface area contributed by atoms with Crippen molar-refractivity contribution in [3.8, 4) is 11.1 Å². The topological polar surface area (TPSA) is 66.3 Å². The summed E-state index contributed by atoms with van der Waals surface area (Å²) in [6.07, 6.45) is 17.2. The van der Waals surface area contributed by atoms with Gasteiger partial charge in [-0.2, -0.15) is 0 Å². The van der Waals surface area contributed by atoms with Gasteiger partial charge in [0.2, 0.25) is 0 Å². The van der Waals surface area contributed by atoms with Crippen LogP contribution in [0.2, 0.25) is 0 Å². The van der Waals surface area contributed by atoms with E-state index in [0.29, 0.717) is 11.8 Å². The van der Waals surface area contributed by atoms with E-state index in [9.17, 15) is 0 Å². The van der Waals surface area contributed by atoms with Crippen LogP contribution >= 0.6 is 0 Å². The first kappa shape index (κ1) is 32.1. The second kappa shape index (κ2) is 12.7. The quantitative estimate of drug-likeness (QED) is 0.191. The fourth-order valence-electron chi connectivity index (χ4n) is 9.33. The summed E-state index contributed by atoms with van der Waals surface area (Å²) in [4.78, 5) is 12.8. The molecule has 1 N–H and O–H groups in total. The zero-order chi connectivity index (χ0) is 37.5. The molecule has 0 amide bonds. The van der Waals surface area contributed by atoms with Gasteiger partial charge in [0, 0.05) is 49.9 Å². The number of furan rings is 2. The zero-order valence-electron chi connectivity index (χ0n) is 31.0. The average Bonchev–Trinajstić information content (AvgIpc) is 3.96. The third-order valence-corrected chi connectivity index (χ3v) is 11.9. The summed E-state index contributed by atoms with van der Waals surface area (Å²) >= 11 is 0. The predicted octanol–water partition coefficient (Wildman–Crippen LogP) is 12.6. The summed E-state index contributed by atoms with van der Waals surface area (Å²) in [5.41, 5.74) is 12.4. The van der Waals surface area contributed by atoms with Crippen molar-refractivity contribution in [1.82, 2.24) is 5.32 Å². The summed E-state index contributed by atoms with van der Waals surface area (Å²) in [7, 11) is 0. The lowest BCUT2D eigenvalue weighted by molar-refractivity contribution is 0.662. The molecule has 0 saturated heterocycles. The van der Waals surface area contributed by atoms with Gasteiger partial charge >= 0.3 is 0 Å². The van der Waals surface area contributed by atoms with Crippen molar-refractivity contribution in [2.24, 2.45) is 9.98 Å². The largest absolute Gasteiger partial charge is 0.456 e. The molecule has 0 spiro atoms. The number of anilines is 2. The molecule has 2 aromatic heterocycles. The summed E-state index contributed by atoms with van der Waals surface area (Å²) in [5, 5.41) is 8.00. The maximum Gasteiger partial charge on any atom is 0.159 e. The molecular formula is C51H36N4O2. The van der Waals surface area contributed by atoms with E-state index in [1.807, 2.05) is 18.2 Å². The molecule has 0 bridgehead atoms. The summed E-state index contributed by atoms with van der Waals surface area (Å²) in [5.74, 6) is 1.84. The molecule has 6 aromatic carbocycles. The van der Waals surface area contributed by atoms with Gasteiger partial charge in [-0.25, -0.2) is 9.98 Å². The predicted molar refractivity (Wildman–Crippen MR) is 233 cm³/mol. The second-order valence-corrected chi connectivity index (χ2v) is 15.1. The number of benzene rings is 6. The SMILES string of the molecule is C1=CC2c3ccccc3N(c3cccc4c3oc3ccc(-c5cccc6oc7cccc(C8N=C(c9ccccc9)N=C(C9=CCCC=C9)N8)c7c56)cc34)C2C=C1. The van der Waals surface area contributed by atoms with Crippen LogP contribution in [0.1, 0.15) is 41.6 Å². The van der Waals surface area contributed by atoms with Gasteiger partial charge in [-0.3, -0.25) is 0 Å². The minimum atomic E-state index is -0.384. The first-order valence-corrected chi connectivity index (χ1v) is 19.8. The number of allylic oxidation sites excluding steroid dienone is 4. The van der Waals surface area contributed by atoms with Crippen LogP contribution in [-0.2, 0) is 0 Å². The molecule has 0 fully saturated rings. The zero-order valence-corrected chi connectivity index (χ0v) is 31.0. The Labute approximate surface area is 329 Å². The molecule has 2 aliphatic carbocycles. The molecule has 272 valence electrons. The summed E-state index contributed by atoms with van der Waals surface area (Å²) in [6, 6.07) is 44.9. The van der Waals surface area contributed by atoms with Crippen molar-refractivity contribution in [1.29, 1.82) is 0 Å². The normalized spacial score (nSPS) is 19.8. The summed E-state index contributed by atoms with van der Waals surface area (Å²) in [6.45, 7) is 0. The minimum absolute atomic E-state index is 0.188. The number of hydrogen-bond donors (Lipinski definition) is 1. The van der Waals surface area contributed by atoms with Crippen LogP contribution in [-0.4, -0.2) is 17.7 Å². The molecule has 4 heterocycles. The van der Waals surface area contributed by atoms with Gasteiger partial charge in [-0.1, -0.05) is 134 Å². The number of para-hydroxylation sites is 2. The fourth-order valence-corrected chi connectivity index (χ4v) is 9.33. The Bertz CT molecular complexity index is 3140. The van der Waals surface area contributed by atoms with Gasteiger partial charge in [-0.15, -0.1) is 0 Å². The molecule has 8 aromatic rings. The lowest BCUT2D eigenvalue weighted by atomic mass is 9.91. The minimum Gasteiger partial charge on any atom is -0.456 e. The van der Waals surface area contributed by atoms with Gasteiger partial charge < -0.3 is 19.1 Å². The van der Waals surface area contributed by atoms with E-state index in [1.165, 1.54) is 11.3 Å². The highest BCUT2D eigenvalue weighted by molar-refractivity contribution is 6.17. The standard InChI is InChI=1S/C51H36N4O2/c1-3-14-31(15-4-1)49-52-50(32-16-5-2-6-17-32)54-51(53-49)38-22-13-27-45-47(38)46-34(20-12-26-44(46)56-45)33-28-29-43-39(30-33)37-21-11-25-42(48(37)57-43)55-40-23-9-7-18-35(40)36-19-8-10-24-41(36)55/h1,3-5,7-30,35,40,51H,2,6H2,(H,52,53,54). The highest BCUT2D eigenvalue weighted by Crippen LogP contribution is 2.50. The molecule has 4 aliphatic rings. The van der Waals surface area contributed by atoms with Crippen LogP contribution in [0.5, 0.6) is 0 Å². The van der Waals surface area contributed by atoms with E-state index in [4.69, 9.17) is 18.8 Å². The first-order chi connectivity index (χ1) is 28.3. The number of amidine groups is 2. The monoisotopic (exact) mass is 736 g/mol. The van der Waals surface area contributed by atoms with Crippen molar-refractivity contribution in [3.05, 3.63) is 192 Å². The second-order valence-electron chi connectivity index (χ2n) is 15.1. The number of nitrogens with one attached hydrogen (secondary N) is 1. The van der Waals surface area contributed by atoms with Crippen LogP contribution in [0.4, 0.5) is 11.4 Å². The lowest BCUT2D eigenvalue weighted by Gasteiger charge is -2.28. The molecule has 0 radical (unpaired) electrons. The molecule has 6 nitrogen and oxygen atoms in total. The average molecular weight is 737 g/mol. The van der Waals surface area contributed by atoms with E-state index in [-0.39, 0.29) is 12.2 Å². The molecule has 12 rings (SSSR count). The Morgan fingerprint density at radius 1 is 0.632 bits per heavy atom. The highest BCUT2D eigenvalue weighted by atomic mass is 16.3. The maximum atomic E-state index is 6.78. The summed E-state index contributed by atoms with van der Waals surface area (Å²) < 4.78 is 13.4. The Balaban J connectivity index is 1.01. The van der Waals surface area contributed by atoms with Crippen LogP contribution in [0.15, 0.2) is 194 Å². The smallest absolute Gasteiger partial charge is 0.159 e. The lowest BCUT2D eigenvalue weighted by Crippen LogP contribution is -2.34. The van der Waals surface area contributed by atoms with E-state index >= 15 is 0 Å². The van der Waals surface area contributed by atoms with E-state index in [0.717, 1.165) is 96.1 Å². The highest BCUT2D eigenvalue weighted by Gasteiger charge is 2.38. The Morgan fingerprint density at radius 2 is 1.44 bits per heavy atom. The van der Waals surface area contributed by atoms with Gasteiger partial charge in [-0.05, 0) is 65.9 Å². The Kier molecular flexibility index (Phi) is 7.14. The van der Waals surface area contributed by atoms with Crippen molar-refractivity contribution < 1.29 is 8.83 Å². The van der Waals surface area contributed by atoms with E-state index in [1.54, 1.807) is 0 Å². The Morgan fingerprint density at radius 3 is 2.35 bits per heavy atom. The van der Waals surface area contributed by atoms with Crippen LogP contribution in [0.3, 0.4) is 0 Å². The molecule has 3 atom stereocenters. The third kappa shape index (κ3) is 5.03. The number of rotatable bonds is 5. The van der Waals surface area contributed by atoms with Crippen LogP contribution < -0.4 is 10.2 Å². The molecule has 3 unspecified atom stereocenters. The third-order valence-electron chi connectivity index (χ3n) is 11.9. The molecule has 2 aliphatic heterocycles. The first-order valence-electron chi connectivity index (χ1n) is 19.8. The van der Waals surface area contributed by atoms with Gasteiger partial charge in [0.25, 0.3) is 0 Å². The molecule has 57 heavy (non-hydrogen) atoms.